The molecule has 0 aromatic carbocycles. The first kappa shape index (κ1) is 10.1. The second-order valence-corrected chi connectivity index (χ2v) is 6.02. The van der Waals surface area contributed by atoms with Crippen LogP contribution in [0.3, 0.4) is 0 Å². The molecule has 2 fully saturated rings. The highest BCUT2D eigenvalue weighted by molar-refractivity contribution is 6.29. The van der Waals surface area contributed by atoms with Gasteiger partial charge in [-0.1, -0.05) is 23.8 Å². The molecular weight excluding hydrogens is 232 g/mol. The fourth-order valence-electron chi connectivity index (χ4n) is 3.29. The third-order valence-electron chi connectivity index (χ3n) is 4.33. The largest absolute Gasteiger partial charge is 0.237 e. The monoisotopic (exact) mass is 246 g/mol. The Balaban J connectivity index is 1.71. The van der Waals surface area contributed by atoms with Crippen molar-refractivity contribution in [3.63, 3.8) is 0 Å². The molecule has 0 spiro atoms. The van der Waals surface area contributed by atoms with Gasteiger partial charge in [-0.25, -0.2) is 9.97 Å². The molecule has 2 saturated carbocycles. The zero-order valence-corrected chi connectivity index (χ0v) is 10.4. The van der Waals surface area contributed by atoms with Gasteiger partial charge < -0.3 is 0 Å². The van der Waals surface area contributed by atoms with Crippen molar-refractivity contribution in [2.45, 2.75) is 37.5 Å². The van der Waals surface area contributed by atoms with Crippen molar-refractivity contribution in [3.05, 3.63) is 34.9 Å². The SMILES string of the molecule is Clc1cc([C@H]2C[C@H]3C=C[C@H]2C3)nc(C2CC2)n1. The molecule has 3 atom stereocenters. The molecule has 3 heteroatoms. The van der Waals surface area contributed by atoms with Gasteiger partial charge in [-0.05, 0) is 43.6 Å². The number of fused-ring (bicyclic) bond motifs is 2. The van der Waals surface area contributed by atoms with Gasteiger partial charge in [0.25, 0.3) is 0 Å². The summed E-state index contributed by atoms with van der Waals surface area (Å²) in [6, 6.07) is 1.98. The highest BCUT2D eigenvalue weighted by Gasteiger charge is 2.38. The fourth-order valence-corrected chi connectivity index (χ4v) is 3.49. The number of nitrogens with zero attached hydrogens (tertiary/aromatic N) is 2. The van der Waals surface area contributed by atoms with Crippen LogP contribution in [0.15, 0.2) is 18.2 Å². The molecule has 0 radical (unpaired) electrons. The summed E-state index contributed by atoms with van der Waals surface area (Å²) in [6.45, 7) is 0. The van der Waals surface area contributed by atoms with Gasteiger partial charge >= 0.3 is 0 Å². The predicted molar refractivity (Wildman–Crippen MR) is 67.1 cm³/mol. The fraction of sp³-hybridized carbons (Fsp3) is 0.571. The highest BCUT2D eigenvalue weighted by atomic mass is 35.5. The van der Waals surface area contributed by atoms with E-state index in [1.807, 2.05) is 6.07 Å². The molecule has 1 heterocycles. The van der Waals surface area contributed by atoms with Gasteiger partial charge in [0, 0.05) is 17.5 Å². The maximum atomic E-state index is 6.13. The van der Waals surface area contributed by atoms with E-state index in [4.69, 9.17) is 16.6 Å². The third-order valence-corrected chi connectivity index (χ3v) is 4.53. The lowest BCUT2D eigenvalue weighted by molar-refractivity contribution is 0.565. The van der Waals surface area contributed by atoms with E-state index in [1.54, 1.807) is 0 Å². The van der Waals surface area contributed by atoms with Crippen molar-refractivity contribution in [3.8, 4) is 0 Å². The number of hydrogen-bond donors (Lipinski definition) is 0. The smallest absolute Gasteiger partial charge is 0.133 e. The molecule has 0 saturated heterocycles. The van der Waals surface area contributed by atoms with Gasteiger partial charge in [0.15, 0.2) is 0 Å². The highest BCUT2D eigenvalue weighted by Crippen LogP contribution is 2.49. The Kier molecular flexibility index (Phi) is 2.10. The Bertz CT molecular complexity index is 493. The quantitative estimate of drug-likeness (QED) is 0.588. The van der Waals surface area contributed by atoms with E-state index in [-0.39, 0.29) is 0 Å². The van der Waals surface area contributed by atoms with Crippen molar-refractivity contribution < 1.29 is 0 Å². The summed E-state index contributed by atoms with van der Waals surface area (Å²) < 4.78 is 0. The molecule has 3 aliphatic carbocycles. The number of halogens is 1. The van der Waals surface area contributed by atoms with Crippen molar-refractivity contribution in [2.75, 3.05) is 0 Å². The molecular formula is C14H15ClN2. The predicted octanol–water partition coefficient (Wildman–Crippen LogP) is 3.69. The lowest BCUT2D eigenvalue weighted by Crippen LogP contribution is -2.09. The Morgan fingerprint density at radius 1 is 1.12 bits per heavy atom. The van der Waals surface area contributed by atoms with E-state index in [0.29, 0.717) is 22.9 Å². The number of allylic oxidation sites excluding steroid dienone is 2. The summed E-state index contributed by atoms with van der Waals surface area (Å²) in [6.07, 6.45) is 9.76. The summed E-state index contributed by atoms with van der Waals surface area (Å²) in [7, 11) is 0. The van der Waals surface area contributed by atoms with E-state index in [0.717, 1.165) is 11.7 Å². The number of hydrogen-bond acceptors (Lipinski definition) is 2. The van der Waals surface area contributed by atoms with Crippen molar-refractivity contribution in [1.82, 2.24) is 9.97 Å². The maximum Gasteiger partial charge on any atom is 0.133 e. The van der Waals surface area contributed by atoms with E-state index >= 15 is 0 Å². The van der Waals surface area contributed by atoms with Crippen molar-refractivity contribution in [2.24, 2.45) is 11.8 Å². The third kappa shape index (κ3) is 1.70. The minimum absolute atomic E-state index is 0.585. The summed E-state index contributed by atoms with van der Waals surface area (Å²) >= 11 is 6.13. The van der Waals surface area contributed by atoms with Gasteiger partial charge in [-0.2, -0.15) is 0 Å². The molecule has 0 N–H and O–H groups in total. The lowest BCUT2D eigenvalue weighted by atomic mass is 9.90. The molecule has 88 valence electrons. The Morgan fingerprint density at radius 2 is 2.00 bits per heavy atom. The molecule has 1 aromatic heterocycles. The van der Waals surface area contributed by atoms with Crippen LogP contribution >= 0.6 is 11.6 Å². The van der Waals surface area contributed by atoms with Crippen LogP contribution in [-0.2, 0) is 0 Å². The molecule has 0 unspecified atom stereocenters. The number of aromatic nitrogens is 2. The van der Waals surface area contributed by atoms with E-state index in [9.17, 15) is 0 Å². The first-order valence-electron chi connectivity index (χ1n) is 6.52. The second kappa shape index (κ2) is 3.55. The van der Waals surface area contributed by atoms with Crippen LogP contribution in [0.2, 0.25) is 5.15 Å². The van der Waals surface area contributed by atoms with Gasteiger partial charge in [0.1, 0.15) is 11.0 Å². The van der Waals surface area contributed by atoms with Crippen LogP contribution < -0.4 is 0 Å². The van der Waals surface area contributed by atoms with E-state index < -0.39 is 0 Å². The Labute approximate surface area is 106 Å². The molecule has 0 amide bonds. The van der Waals surface area contributed by atoms with Crippen LogP contribution in [0.25, 0.3) is 0 Å². The molecule has 17 heavy (non-hydrogen) atoms. The molecule has 1 aromatic rings. The summed E-state index contributed by atoms with van der Waals surface area (Å²) in [5.74, 6) is 3.63. The maximum absolute atomic E-state index is 6.13. The van der Waals surface area contributed by atoms with Crippen molar-refractivity contribution >= 4 is 11.6 Å². The average Bonchev–Trinajstić information content (AvgIpc) is 2.97. The van der Waals surface area contributed by atoms with Crippen LogP contribution in [0.5, 0.6) is 0 Å². The van der Waals surface area contributed by atoms with Crippen LogP contribution in [0.4, 0.5) is 0 Å². The topological polar surface area (TPSA) is 25.8 Å². The van der Waals surface area contributed by atoms with Crippen LogP contribution in [-0.4, -0.2) is 9.97 Å². The van der Waals surface area contributed by atoms with Gasteiger partial charge in [-0.15, -0.1) is 0 Å². The zero-order valence-electron chi connectivity index (χ0n) is 9.64. The van der Waals surface area contributed by atoms with Gasteiger partial charge in [0.05, 0.1) is 0 Å². The zero-order chi connectivity index (χ0) is 11.4. The number of rotatable bonds is 2. The minimum atomic E-state index is 0.585. The molecule has 0 aliphatic heterocycles. The normalized spacial score (nSPS) is 34.5. The molecule has 2 nitrogen and oxygen atoms in total. The first-order valence-corrected chi connectivity index (χ1v) is 6.90. The van der Waals surface area contributed by atoms with E-state index in [1.165, 1.54) is 31.4 Å². The Hall–Kier alpha value is -0.890. The molecule has 2 bridgehead atoms. The van der Waals surface area contributed by atoms with Gasteiger partial charge in [0.2, 0.25) is 0 Å². The summed E-state index contributed by atoms with van der Waals surface area (Å²) in [5, 5.41) is 0.628. The minimum Gasteiger partial charge on any atom is -0.237 e. The van der Waals surface area contributed by atoms with Crippen LogP contribution in [0.1, 0.15) is 49.0 Å². The summed E-state index contributed by atoms with van der Waals surface area (Å²) in [4.78, 5) is 9.13. The Morgan fingerprint density at radius 3 is 2.65 bits per heavy atom. The average molecular weight is 247 g/mol. The van der Waals surface area contributed by atoms with E-state index in [2.05, 4.69) is 17.1 Å². The standard InChI is InChI=1S/C14H15ClN2/c15-13-7-12(16-14(17-13)9-3-4-9)11-6-8-1-2-10(11)5-8/h1-2,7-11H,3-6H2/t8-,10-,11-/m0/s1. The van der Waals surface area contributed by atoms with Gasteiger partial charge in [-0.3, -0.25) is 0 Å². The second-order valence-electron chi connectivity index (χ2n) is 5.63. The summed E-state index contributed by atoms with van der Waals surface area (Å²) in [5.41, 5.74) is 1.18. The lowest BCUT2D eigenvalue weighted by Gasteiger charge is -2.18. The molecule has 4 rings (SSSR count). The molecule has 3 aliphatic rings. The van der Waals surface area contributed by atoms with Crippen molar-refractivity contribution in [1.29, 1.82) is 0 Å². The first-order chi connectivity index (χ1) is 8.29. The van der Waals surface area contributed by atoms with Crippen LogP contribution in [0, 0.1) is 11.8 Å².